The molecule has 1 aliphatic heterocycles. The van der Waals surface area contributed by atoms with Crippen molar-refractivity contribution in [1.29, 1.82) is 0 Å². The van der Waals surface area contributed by atoms with Gasteiger partial charge in [0.15, 0.2) is 18.1 Å². The van der Waals surface area contributed by atoms with E-state index in [4.69, 9.17) is 28.6 Å². The van der Waals surface area contributed by atoms with Crippen LogP contribution in [0.25, 0.3) is 0 Å². The number of nitrogens with one attached hydrogen (secondary N) is 1. The van der Waals surface area contributed by atoms with Gasteiger partial charge in [0.1, 0.15) is 28.2 Å². The molecule has 0 bridgehead atoms. The topological polar surface area (TPSA) is 222 Å². The summed E-state index contributed by atoms with van der Waals surface area (Å²) in [6.07, 6.45) is -6.47. The van der Waals surface area contributed by atoms with E-state index in [2.05, 4.69) is 4.98 Å². The van der Waals surface area contributed by atoms with Crippen molar-refractivity contribution in [3.63, 3.8) is 0 Å². The zero-order valence-electron chi connectivity index (χ0n) is 27.7. The highest BCUT2D eigenvalue weighted by atomic mass is 32.2. The molecule has 266 valence electrons. The number of hydrogen-bond donors (Lipinski definition) is 3. The maximum atomic E-state index is 16.0. The van der Waals surface area contributed by atoms with Crippen molar-refractivity contribution >= 4 is 49.6 Å². The lowest BCUT2D eigenvalue weighted by Gasteiger charge is -2.28. The van der Waals surface area contributed by atoms with E-state index in [-0.39, 0.29) is 0 Å². The van der Waals surface area contributed by atoms with E-state index in [1.807, 2.05) is 5.09 Å². The summed E-state index contributed by atoms with van der Waals surface area (Å²) in [6, 6.07) is -0.420. The van der Waals surface area contributed by atoms with Gasteiger partial charge >= 0.3 is 37.7 Å². The maximum absolute atomic E-state index is 16.0. The molecule has 3 N–H and O–H groups in total. The monoisotopic (exact) mass is 712 g/mol. The van der Waals surface area contributed by atoms with Crippen LogP contribution in [-0.4, -0.2) is 90.8 Å². The van der Waals surface area contributed by atoms with Crippen LogP contribution in [0, 0.1) is 0 Å². The Hall–Kier alpha value is -3.25. The number of nitrogens with zero attached hydrogens (tertiary/aromatic N) is 3. The second-order valence-electron chi connectivity index (χ2n) is 13.3. The number of halogens is 1. The molecule has 1 saturated heterocycles. The second kappa shape index (κ2) is 14.9. The Morgan fingerprint density at radius 3 is 2.00 bits per heavy atom. The summed E-state index contributed by atoms with van der Waals surface area (Å²) in [6.45, 7) is 14.3. The molecule has 0 radical (unpaired) electrons. The molecular formula is C27H42FN4O13PS. The first kappa shape index (κ1) is 39.9. The molecule has 2 unspecified atom stereocenters. The van der Waals surface area contributed by atoms with E-state index in [1.54, 1.807) is 41.5 Å². The number of alkyl halides is 1. The van der Waals surface area contributed by atoms with Crippen molar-refractivity contribution in [2.24, 2.45) is 0 Å². The Kier molecular flexibility index (Phi) is 12.6. The van der Waals surface area contributed by atoms with Gasteiger partial charge in [-0.25, -0.2) is 33.2 Å². The average Bonchev–Trinajstić information content (AvgIpc) is 3.14. The third kappa shape index (κ3) is 12.4. The molecule has 0 aliphatic carbocycles. The van der Waals surface area contributed by atoms with Gasteiger partial charge in [-0.15, -0.1) is 11.8 Å². The molecule has 2 amide bonds. The van der Waals surface area contributed by atoms with E-state index >= 15 is 4.39 Å². The Balaban J connectivity index is 2.46. The number of ether oxygens (including phenoxy) is 4. The standard InChI is InChI=1S/C27H42FN4O13PS/c1-14(20(33)34)30-46(39,40)41-13-15-18(42-24(38)45-27(8,9)10)17(28)19(47-15)31-12-11-16(29-21(31)35)32(22(36)43-25(2,3)4)23(37)44-26(5,6)7/h11-12,14-15,17-19H,13H2,1-10H3,(H,33,34)(H2,30,39,40)/t14?,15-,17+,18-,19-/m1/s1. The van der Waals surface area contributed by atoms with Gasteiger partial charge < -0.3 is 28.9 Å². The molecule has 0 spiro atoms. The lowest BCUT2D eigenvalue weighted by molar-refractivity contribution is -0.138. The number of imide groups is 1. The number of anilines is 1. The van der Waals surface area contributed by atoms with Crippen LogP contribution < -0.4 is 15.7 Å². The lowest BCUT2D eigenvalue weighted by atomic mass is 10.1. The zero-order valence-corrected chi connectivity index (χ0v) is 29.4. The van der Waals surface area contributed by atoms with E-state index in [9.17, 15) is 33.4 Å². The summed E-state index contributed by atoms with van der Waals surface area (Å²) in [5, 5.41) is 8.23. The van der Waals surface area contributed by atoms with Crippen LogP contribution in [0.2, 0.25) is 0 Å². The number of carboxylic acid groups (broad SMARTS) is 1. The summed E-state index contributed by atoms with van der Waals surface area (Å²) >= 11 is 0.680. The first-order valence-electron chi connectivity index (χ1n) is 14.2. The van der Waals surface area contributed by atoms with E-state index in [0.29, 0.717) is 16.7 Å². The lowest BCUT2D eigenvalue weighted by Crippen LogP contribution is -2.45. The smallest absolute Gasteiger partial charge is 0.480 e. The van der Waals surface area contributed by atoms with Crippen molar-refractivity contribution in [2.75, 3.05) is 11.5 Å². The van der Waals surface area contributed by atoms with Gasteiger partial charge in [0, 0.05) is 6.20 Å². The molecule has 1 aliphatic rings. The Morgan fingerprint density at radius 2 is 1.55 bits per heavy atom. The third-order valence-corrected chi connectivity index (χ3v) is 8.23. The fourth-order valence-electron chi connectivity index (χ4n) is 3.69. The fourth-order valence-corrected chi connectivity index (χ4v) is 6.29. The molecule has 1 aromatic rings. The first-order valence-corrected chi connectivity index (χ1v) is 16.7. The molecule has 1 aromatic heterocycles. The van der Waals surface area contributed by atoms with Crippen LogP contribution in [0.15, 0.2) is 17.1 Å². The molecule has 2 heterocycles. The molecule has 20 heteroatoms. The van der Waals surface area contributed by atoms with Gasteiger partial charge in [-0.2, -0.15) is 9.88 Å². The maximum Gasteiger partial charge on any atom is 0.509 e. The average molecular weight is 713 g/mol. The molecular weight excluding hydrogens is 670 g/mol. The molecule has 0 saturated carbocycles. The van der Waals surface area contributed by atoms with Crippen molar-refractivity contribution in [2.45, 2.75) is 115 Å². The van der Waals surface area contributed by atoms with Gasteiger partial charge in [-0.3, -0.25) is 13.9 Å². The number of carboxylic acids is 1. The van der Waals surface area contributed by atoms with Gasteiger partial charge in [0.2, 0.25) is 0 Å². The summed E-state index contributed by atoms with van der Waals surface area (Å²) < 4.78 is 55.2. The number of aromatic nitrogens is 2. The number of aliphatic carboxylic acids is 1. The number of carbonyl (C=O) groups excluding carboxylic acids is 3. The van der Waals surface area contributed by atoms with Crippen LogP contribution in [-0.2, 0) is 32.8 Å². The summed E-state index contributed by atoms with van der Waals surface area (Å²) in [5.41, 5.74) is -4.26. The van der Waals surface area contributed by atoms with Crippen LogP contribution in [0.5, 0.6) is 0 Å². The minimum atomic E-state index is -4.75. The molecule has 0 aromatic carbocycles. The molecule has 17 nitrogen and oxygen atoms in total. The highest BCUT2D eigenvalue weighted by molar-refractivity contribution is 8.00. The van der Waals surface area contributed by atoms with Crippen molar-refractivity contribution < 1.29 is 61.6 Å². The number of amides is 2. The molecule has 1 fully saturated rings. The minimum Gasteiger partial charge on any atom is -0.480 e. The van der Waals surface area contributed by atoms with Crippen molar-refractivity contribution in [3.8, 4) is 0 Å². The Labute approximate surface area is 275 Å². The minimum absolute atomic E-state index is 0.409. The predicted octanol–water partition coefficient (Wildman–Crippen LogP) is 4.37. The van der Waals surface area contributed by atoms with Gasteiger partial charge in [-0.1, -0.05) is 0 Å². The quantitative estimate of drug-likeness (QED) is 0.184. The Morgan fingerprint density at radius 1 is 1.04 bits per heavy atom. The zero-order chi connectivity index (χ0) is 36.3. The van der Waals surface area contributed by atoms with Crippen molar-refractivity contribution in [1.82, 2.24) is 14.6 Å². The van der Waals surface area contributed by atoms with Gasteiger partial charge in [0.05, 0.1) is 11.9 Å². The molecule has 2 rings (SSSR count). The highest BCUT2D eigenvalue weighted by Gasteiger charge is 2.50. The number of thioether (sulfide) groups is 1. The second-order valence-corrected chi connectivity index (χ2v) is 16.3. The molecule has 47 heavy (non-hydrogen) atoms. The Bertz CT molecular complexity index is 1410. The van der Waals surface area contributed by atoms with E-state index in [1.165, 1.54) is 20.8 Å². The molecule has 6 atom stereocenters. The first-order chi connectivity index (χ1) is 21.2. The largest absolute Gasteiger partial charge is 0.509 e. The normalized spacial score (nSPS) is 22.0. The number of carbonyl (C=O) groups is 4. The van der Waals surface area contributed by atoms with Gasteiger partial charge in [0.25, 0.3) is 0 Å². The highest BCUT2D eigenvalue weighted by Crippen LogP contribution is 2.47. The summed E-state index contributed by atoms with van der Waals surface area (Å²) in [4.78, 5) is 77.0. The van der Waals surface area contributed by atoms with Crippen molar-refractivity contribution in [3.05, 3.63) is 22.7 Å². The van der Waals surface area contributed by atoms with Crippen LogP contribution in [0.3, 0.4) is 0 Å². The van der Waals surface area contributed by atoms with Crippen LogP contribution >= 0.6 is 19.5 Å². The van der Waals surface area contributed by atoms with Gasteiger partial charge in [-0.05, 0) is 75.3 Å². The van der Waals surface area contributed by atoms with E-state index in [0.717, 1.165) is 23.8 Å². The van der Waals surface area contributed by atoms with Crippen LogP contribution in [0.1, 0.15) is 74.6 Å². The number of hydrogen-bond acceptors (Lipinski definition) is 13. The SMILES string of the molecule is CC(NP(=O)(O)OC[C@H]1S[C@@H](n2ccc(N(C(=O)OC(C)(C)C)C(=O)OC(C)(C)C)nc2=O)[C@@H](F)[C@@H]1OC(=O)OC(C)(C)C)C(=O)O. The third-order valence-electron chi connectivity index (χ3n) is 5.50. The van der Waals surface area contributed by atoms with E-state index < -0.39 is 95.9 Å². The summed E-state index contributed by atoms with van der Waals surface area (Å²) in [5.74, 6) is -1.94. The summed E-state index contributed by atoms with van der Waals surface area (Å²) in [7, 11) is -4.75. The van der Waals surface area contributed by atoms with Crippen LogP contribution in [0.4, 0.5) is 24.6 Å². The fraction of sp³-hybridized carbons (Fsp3) is 0.704. The number of rotatable bonds is 9. The predicted molar refractivity (Wildman–Crippen MR) is 166 cm³/mol.